The molecular formula is C33H38ClN3O6S. The number of amides is 2. The fourth-order valence-electron chi connectivity index (χ4n) is 5.67. The lowest BCUT2D eigenvalue weighted by Crippen LogP contribution is -2.55. The first-order valence-electron chi connectivity index (χ1n) is 15.0. The molecule has 0 radical (unpaired) electrons. The Kier molecular flexibility index (Phi) is 10.3. The average Bonchev–Trinajstić information content (AvgIpc) is 3.51. The van der Waals surface area contributed by atoms with Crippen molar-refractivity contribution >= 4 is 39.1 Å². The predicted octanol–water partition coefficient (Wildman–Crippen LogP) is 5.31. The summed E-state index contributed by atoms with van der Waals surface area (Å²) in [5.74, 6) is -0.132. The number of carbonyl (C=O) groups excluding carboxylic acids is 2. The Hall–Kier alpha value is -3.76. The van der Waals surface area contributed by atoms with Gasteiger partial charge in [-0.1, -0.05) is 79.4 Å². The second-order valence-corrected chi connectivity index (χ2v) is 13.7. The van der Waals surface area contributed by atoms with Crippen molar-refractivity contribution in [2.45, 2.75) is 64.1 Å². The largest absolute Gasteiger partial charge is 0.454 e. The molecule has 44 heavy (non-hydrogen) atoms. The molecule has 1 heterocycles. The van der Waals surface area contributed by atoms with Gasteiger partial charge in [0.05, 0.1) is 11.4 Å². The number of hydrogen-bond donors (Lipinski definition) is 1. The SMILES string of the molecule is CCS(=O)(=O)N(CC(=O)N(Cc1ccccc1Cl)[C@@H](Cc1ccccc1)C(=O)NC1CCCCC1)c1ccc2c(c1)OCO2. The molecule has 1 fully saturated rings. The molecule has 1 saturated carbocycles. The number of hydrogen-bond acceptors (Lipinski definition) is 6. The molecule has 3 aromatic rings. The molecule has 234 valence electrons. The Morgan fingerprint density at radius 2 is 1.66 bits per heavy atom. The molecule has 0 spiro atoms. The van der Waals surface area contributed by atoms with Crippen LogP contribution in [0, 0.1) is 0 Å². The first kappa shape index (κ1) is 31.7. The molecule has 1 atom stereocenters. The summed E-state index contributed by atoms with van der Waals surface area (Å²) < 4.78 is 38.8. The molecule has 0 aromatic heterocycles. The molecule has 1 aliphatic heterocycles. The standard InChI is InChI=1S/C33H38ClN3O6S/c1-2-44(40,41)37(27-17-18-30-31(20-27)43-23-42-30)22-32(38)36(21-25-13-9-10-16-28(25)34)29(19-24-11-5-3-6-12-24)33(39)35-26-14-7-4-8-15-26/h3,5-6,9-13,16-18,20,26,29H,2,4,7-8,14-15,19,21-23H2,1H3,(H,35,39)/t29-/m0/s1. The van der Waals surface area contributed by atoms with Crippen molar-refractivity contribution in [1.82, 2.24) is 10.2 Å². The highest BCUT2D eigenvalue weighted by atomic mass is 35.5. The van der Waals surface area contributed by atoms with Crippen molar-refractivity contribution in [1.29, 1.82) is 0 Å². The fourth-order valence-corrected chi connectivity index (χ4v) is 6.92. The molecule has 0 saturated heterocycles. The van der Waals surface area contributed by atoms with E-state index in [0.717, 1.165) is 42.0 Å². The minimum atomic E-state index is -3.91. The van der Waals surface area contributed by atoms with Crippen LogP contribution in [0.15, 0.2) is 72.8 Å². The number of ether oxygens (including phenoxy) is 2. The van der Waals surface area contributed by atoms with Gasteiger partial charge in [0, 0.05) is 30.1 Å². The lowest BCUT2D eigenvalue weighted by molar-refractivity contribution is -0.140. The maximum Gasteiger partial charge on any atom is 0.244 e. The molecular weight excluding hydrogens is 602 g/mol. The number of benzene rings is 3. The van der Waals surface area contributed by atoms with Crippen LogP contribution >= 0.6 is 11.6 Å². The van der Waals surface area contributed by atoms with Gasteiger partial charge in [-0.25, -0.2) is 8.42 Å². The van der Waals surface area contributed by atoms with Gasteiger partial charge in [-0.3, -0.25) is 13.9 Å². The third-order valence-corrected chi connectivity index (χ3v) is 10.3. The molecule has 3 aromatic carbocycles. The van der Waals surface area contributed by atoms with Crippen molar-refractivity contribution in [2.24, 2.45) is 0 Å². The second kappa shape index (κ2) is 14.3. The third kappa shape index (κ3) is 7.65. The van der Waals surface area contributed by atoms with Crippen LogP contribution in [0.3, 0.4) is 0 Å². The monoisotopic (exact) mass is 639 g/mol. The first-order valence-corrected chi connectivity index (χ1v) is 17.0. The first-order chi connectivity index (χ1) is 21.2. The van der Waals surface area contributed by atoms with Gasteiger partial charge in [0.2, 0.25) is 28.6 Å². The van der Waals surface area contributed by atoms with Gasteiger partial charge in [0.25, 0.3) is 0 Å². The van der Waals surface area contributed by atoms with Gasteiger partial charge >= 0.3 is 0 Å². The minimum absolute atomic E-state index is 0.0231. The van der Waals surface area contributed by atoms with Crippen LogP contribution in [-0.4, -0.2) is 56.3 Å². The summed E-state index contributed by atoms with van der Waals surface area (Å²) in [4.78, 5) is 30.0. The molecule has 5 rings (SSSR count). The Morgan fingerprint density at radius 1 is 0.955 bits per heavy atom. The number of nitrogens with zero attached hydrogens (tertiary/aromatic N) is 2. The second-order valence-electron chi connectivity index (χ2n) is 11.1. The van der Waals surface area contributed by atoms with Gasteiger partial charge in [-0.05, 0) is 49.1 Å². The maximum atomic E-state index is 14.4. The van der Waals surface area contributed by atoms with E-state index in [1.54, 1.807) is 36.4 Å². The van der Waals surface area contributed by atoms with Crippen LogP contribution in [0.2, 0.25) is 5.02 Å². The van der Waals surface area contributed by atoms with E-state index in [4.69, 9.17) is 21.1 Å². The van der Waals surface area contributed by atoms with Crippen LogP contribution in [-0.2, 0) is 32.6 Å². The van der Waals surface area contributed by atoms with Crippen LogP contribution in [0.25, 0.3) is 0 Å². The summed E-state index contributed by atoms with van der Waals surface area (Å²) in [6.45, 7) is 1.07. The molecule has 2 aliphatic rings. The van der Waals surface area contributed by atoms with E-state index in [0.29, 0.717) is 22.1 Å². The zero-order chi connectivity index (χ0) is 31.1. The quantitative estimate of drug-likeness (QED) is 0.288. The Morgan fingerprint density at radius 3 is 2.39 bits per heavy atom. The lowest BCUT2D eigenvalue weighted by atomic mass is 9.94. The highest BCUT2D eigenvalue weighted by Gasteiger charge is 2.35. The highest BCUT2D eigenvalue weighted by Crippen LogP contribution is 2.36. The topological polar surface area (TPSA) is 105 Å². The maximum absolute atomic E-state index is 14.4. The number of nitrogens with one attached hydrogen (secondary N) is 1. The summed E-state index contributed by atoms with van der Waals surface area (Å²) in [6.07, 6.45) is 5.23. The summed E-state index contributed by atoms with van der Waals surface area (Å²) in [6, 6.07) is 20.5. The number of anilines is 1. The third-order valence-electron chi connectivity index (χ3n) is 8.14. The van der Waals surface area contributed by atoms with E-state index in [-0.39, 0.29) is 43.1 Å². The summed E-state index contributed by atoms with van der Waals surface area (Å²) in [5.41, 5.74) is 1.80. The molecule has 2 amide bonds. The van der Waals surface area contributed by atoms with E-state index < -0.39 is 28.5 Å². The zero-order valence-electron chi connectivity index (χ0n) is 24.8. The number of halogens is 1. The van der Waals surface area contributed by atoms with Crippen LogP contribution < -0.4 is 19.1 Å². The number of rotatable bonds is 12. The van der Waals surface area contributed by atoms with Crippen molar-refractivity contribution in [3.05, 3.63) is 88.9 Å². The van der Waals surface area contributed by atoms with E-state index in [1.165, 1.54) is 11.8 Å². The van der Waals surface area contributed by atoms with Crippen LogP contribution in [0.5, 0.6) is 11.5 Å². The molecule has 0 unspecified atom stereocenters. The van der Waals surface area contributed by atoms with Gasteiger partial charge in [-0.15, -0.1) is 0 Å². The molecule has 9 nitrogen and oxygen atoms in total. The summed E-state index contributed by atoms with van der Waals surface area (Å²) >= 11 is 6.55. The van der Waals surface area contributed by atoms with E-state index in [1.807, 2.05) is 36.4 Å². The van der Waals surface area contributed by atoms with Gasteiger partial charge < -0.3 is 19.7 Å². The summed E-state index contributed by atoms with van der Waals surface area (Å²) in [7, 11) is -3.91. The van der Waals surface area contributed by atoms with Gasteiger partial charge in [-0.2, -0.15) is 0 Å². The number of carbonyl (C=O) groups is 2. The average molecular weight is 640 g/mol. The Balaban J connectivity index is 1.52. The van der Waals surface area contributed by atoms with Crippen molar-refractivity contribution in [3.8, 4) is 11.5 Å². The Bertz CT molecular complexity index is 1560. The molecule has 0 bridgehead atoms. The van der Waals surface area contributed by atoms with E-state index >= 15 is 0 Å². The predicted molar refractivity (Wildman–Crippen MR) is 170 cm³/mol. The normalized spacial score (nSPS) is 15.4. The van der Waals surface area contributed by atoms with Crippen LogP contribution in [0.4, 0.5) is 5.69 Å². The zero-order valence-corrected chi connectivity index (χ0v) is 26.4. The molecule has 1 N–H and O–H groups in total. The fraction of sp³-hybridized carbons (Fsp3) is 0.394. The van der Waals surface area contributed by atoms with Gasteiger partial charge in [0.15, 0.2) is 11.5 Å². The number of sulfonamides is 1. The number of fused-ring (bicyclic) bond motifs is 1. The smallest absolute Gasteiger partial charge is 0.244 e. The van der Waals surface area contributed by atoms with Crippen molar-refractivity contribution in [2.75, 3.05) is 23.4 Å². The Labute approximate surface area is 264 Å². The van der Waals surface area contributed by atoms with Crippen molar-refractivity contribution in [3.63, 3.8) is 0 Å². The van der Waals surface area contributed by atoms with Crippen molar-refractivity contribution < 1.29 is 27.5 Å². The molecule has 11 heteroatoms. The minimum Gasteiger partial charge on any atom is -0.454 e. The van der Waals surface area contributed by atoms with Gasteiger partial charge in [0.1, 0.15) is 12.6 Å². The highest BCUT2D eigenvalue weighted by molar-refractivity contribution is 7.92. The van der Waals surface area contributed by atoms with E-state index in [9.17, 15) is 18.0 Å². The lowest BCUT2D eigenvalue weighted by Gasteiger charge is -2.35. The molecule has 1 aliphatic carbocycles. The summed E-state index contributed by atoms with van der Waals surface area (Å²) in [5, 5.41) is 3.65. The van der Waals surface area contributed by atoms with Crippen LogP contribution in [0.1, 0.15) is 50.2 Å². The van der Waals surface area contributed by atoms with E-state index in [2.05, 4.69) is 5.32 Å².